The van der Waals surface area contributed by atoms with Crippen LogP contribution in [0.1, 0.15) is 15.9 Å². The van der Waals surface area contributed by atoms with Crippen molar-refractivity contribution in [2.75, 3.05) is 0 Å². The van der Waals surface area contributed by atoms with Crippen LogP contribution in [0.2, 0.25) is 0 Å². The highest BCUT2D eigenvalue weighted by Gasteiger charge is 2.09. The molecule has 3 aromatic rings. The fourth-order valence-corrected chi connectivity index (χ4v) is 2.16. The second-order valence-electron chi connectivity index (χ2n) is 4.64. The number of amides is 1. The number of aromatic nitrogens is 3. The minimum Gasteiger partial charge on any atom is -0.369 e. The molecule has 0 saturated carbocycles. The Hall–Kier alpha value is -3.02. The van der Waals surface area contributed by atoms with Crippen LogP contribution in [0.15, 0.2) is 42.7 Å². The molecule has 6 heteroatoms. The van der Waals surface area contributed by atoms with Gasteiger partial charge in [-0.25, -0.2) is 9.67 Å². The van der Waals surface area contributed by atoms with Crippen molar-refractivity contribution in [1.29, 1.82) is 0 Å². The Bertz CT molecular complexity index is 821. The number of fused-ring (bicyclic) bond motifs is 1. The Balaban J connectivity index is 2.07. The molecular weight excluding hydrogens is 268 g/mol. The first-order chi connectivity index (χ1) is 10.2. The van der Waals surface area contributed by atoms with Crippen molar-refractivity contribution in [3.05, 3.63) is 53.9 Å². The highest BCUT2D eigenvalue weighted by molar-refractivity contribution is 5.87. The molecule has 6 nitrogen and oxygen atoms in total. The largest absolute Gasteiger partial charge is 0.369 e. The second-order valence-corrected chi connectivity index (χ2v) is 4.64. The third-order valence-corrected chi connectivity index (χ3v) is 3.13. The van der Waals surface area contributed by atoms with E-state index >= 15 is 0 Å². The summed E-state index contributed by atoms with van der Waals surface area (Å²) >= 11 is 0. The molecule has 0 spiro atoms. The van der Waals surface area contributed by atoms with Gasteiger partial charge < -0.3 is 5.73 Å². The molecule has 0 aliphatic rings. The Labute approximate surface area is 120 Å². The molecule has 0 atom stereocenters. The molecule has 0 aliphatic carbocycles. The van der Waals surface area contributed by atoms with E-state index in [-0.39, 0.29) is 6.42 Å². The van der Waals surface area contributed by atoms with Gasteiger partial charge >= 0.3 is 0 Å². The number of hydrogen-bond acceptors (Lipinski definition) is 4. The molecule has 0 saturated heterocycles. The average Bonchev–Trinajstić information content (AvgIpc) is 2.92. The number of nitrogens with two attached hydrogens (primary N) is 1. The topological polar surface area (TPSA) is 90.9 Å². The van der Waals surface area contributed by atoms with Crippen LogP contribution < -0.4 is 5.73 Å². The maximum atomic E-state index is 11.1. The van der Waals surface area contributed by atoms with Gasteiger partial charge in [-0.15, -0.1) is 0 Å². The fraction of sp³-hybridized carbons (Fsp3) is 0.0667. The van der Waals surface area contributed by atoms with E-state index in [0.29, 0.717) is 11.4 Å². The highest BCUT2D eigenvalue weighted by Crippen LogP contribution is 2.19. The standard InChI is InChI=1S/C15H12N4O2/c16-13(21)6-11-2-1-3-12-8-19(18-15(11)12)14-5-4-10(9-20)7-17-14/h1-5,7-9H,6H2,(H2,16,21). The van der Waals surface area contributed by atoms with Gasteiger partial charge in [0.25, 0.3) is 0 Å². The smallest absolute Gasteiger partial charge is 0.221 e. The normalized spacial score (nSPS) is 10.7. The molecule has 1 aromatic carbocycles. The maximum Gasteiger partial charge on any atom is 0.221 e. The lowest BCUT2D eigenvalue weighted by Crippen LogP contribution is -2.13. The molecule has 0 aliphatic heterocycles. The first-order valence-corrected chi connectivity index (χ1v) is 6.34. The Morgan fingerprint density at radius 2 is 2.14 bits per heavy atom. The van der Waals surface area contributed by atoms with Crippen molar-refractivity contribution in [3.63, 3.8) is 0 Å². The maximum absolute atomic E-state index is 11.1. The van der Waals surface area contributed by atoms with Crippen LogP contribution in [0.5, 0.6) is 0 Å². The van der Waals surface area contributed by atoms with Crippen LogP contribution >= 0.6 is 0 Å². The molecule has 21 heavy (non-hydrogen) atoms. The molecule has 1 amide bonds. The molecule has 2 heterocycles. The van der Waals surface area contributed by atoms with Gasteiger partial charge in [-0.2, -0.15) is 5.10 Å². The zero-order valence-electron chi connectivity index (χ0n) is 11.1. The lowest BCUT2D eigenvalue weighted by molar-refractivity contribution is -0.117. The van der Waals surface area contributed by atoms with Crippen molar-refractivity contribution in [1.82, 2.24) is 14.8 Å². The van der Waals surface area contributed by atoms with Crippen molar-refractivity contribution < 1.29 is 9.59 Å². The Morgan fingerprint density at radius 3 is 2.81 bits per heavy atom. The zero-order valence-corrected chi connectivity index (χ0v) is 11.1. The number of rotatable bonds is 4. The number of benzene rings is 1. The van der Waals surface area contributed by atoms with Crippen molar-refractivity contribution in [2.24, 2.45) is 5.73 Å². The van der Waals surface area contributed by atoms with Gasteiger partial charge in [0.2, 0.25) is 5.91 Å². The number of hydrogen-bond donors (Lipinski definition) is 1. The van der Waals surface area contributed by atoms with Crippen LogP contribution in [-0.2, 0) is 11.2 Å². The molecule has 2 aromatic heterocycles. The minimum absolute atomic E-state index is 0.145. The number of carbonyl (C=O) groups is 2. The summed E-state index contributed by atoms with van der Waals surface area (Å²) in [6, 6.07) is 8.97. The van der Waals surface area contributed by atoms with Crippen LogP contribution in [0.3, 0.4) is 0 Å². The molecular formula is C15H12N4O2. The van der Waals surface area contributed by atoms with Crippen molar-refractivity contribution in [2.45, 2.75) is 6.42 Å². The number of primary amides is 1. The molecule has 104 valence electrons. The first-order valence-electron chi connectivity index (χ1n) is 6.34. The number of pyridine rings is 1. The van der Waals surface area contributed by atoms with Gasteiger partial charge in [-0.05, 0) is 17.7 Å². The monoisotopic (exact) mass is 280 g/mol. The van der Waals surface area contributed by atoms with E-state index in [1.807, 2.05) is 24.4 Å². The first kappa shape index (κ1) is 13.0. The molecule has 2 N–H and O–H groups in total. The summed E-state index contributed by atoms with van der Waals surface area (Å²) in [5, 5.41) is 5.35. The van der Waals surface area contributed by atoms with Gasteiger partial charge in [-0.3, -0.25) is 9.59 Å². The molecule has 0 fully saturated rings. The van der Waals surface area contributed by atoms with E-state index in [1.54, 1.807) is 16.8 Å². The Kier molecular flexibility index (Phi) is 3.19. The van der Waals surface area contributed by atoms with Crippen LogP contribution in [0.25, 0.3) is 16.7 Å². The Morgan fingerprint density at radius 1 is 1.29 bits per heavy atom. The molecule has 3 rings (SSSR count). The summed E-state index contributed by atoms with van der Waals surface area (Å²) in [6.07, 6.45) is 4.19. The molecule has 0 unspecified atom stereocenters. The van der Waals surface area contributed by atoms with Gasteiger partial charge in [0.05, 0.1) is 11.9 Å². The van der Waals surface area contributed by atoms with E-state index in [1.165, 1.54) is 6.20 Å². The lowest BCUT2D eigenvalue weighted by atomic mass is 10.1. The number of nitrogens with zero attached hydrogens (tertiary/aromatic N) is 3. The number of carbonyl (C=O) groups excluding carboxylic acids is 2. The van der Waals surface area contributed by atoms with Crippen molar-refractivity contribution in [3.8, 4) is 5.82 Å². The fourth-order valence-electron chi connectivity index (χ4n) is 2.16. The van der Waals surface area contributed by atoms with E-state index in [9.17, 15) is 9.59 Å². The summed E-state index contributed by atoms with van der Waals surface area (Å²) in [6.45, 7) is 0. The summed E-state index contributed by atoms with van der Waals surface area (Å²) in [7, 11) is 0. The average molecular weight is 280 g/mol. The summed E-state index contributed by atoms with van der Waals surface area (Å²) in [4.78, 5) is 25.9. The quantitative estimate of drug-likeness (QED) is 0.728. The predicted octanol–water partition coefficient (Wildman–Crippen LogP) is 1.26. The minimum atomic E-state index is -0.398. The summed E-state index contributed by atoms with van der Waals surface area (Å²) in [5.74, 6) is 0.201. The van der Waals surface area contributed by atoms with Crippen LogP contribution in [-0.4, -0.2) is 27.0 Å². The third-order valence-electron chi connectivity index (χ3n) is 3.13. The predicted molar refractivity (Wildman–Crippen MR) is 77.2 cm³/mol. The van der Waals surface area contributed by atoms with E-state index in [0.717, 1.165) is 22.8 Å². The SMILES string of the molecule is NC(=O)Cc1cccc2cn(-c3ccc(C=O)cn3)nc12. The number of aldehydes is 1. The second kappa shape index (κ2) is 5.16. The van der Waals surface area contributed by atoms with E-state index < -0.39 is 5.91 Å². The van der Waals surface area contributed by atoms with Crippen LogP contribution in [0.4, 0.5) is 0 Å². The summed E-state index contributed by atoms with van der Waals surface area (Å²) < 4.78 is 1.61. The van der Waals surface area contributed by atoms with Gasteiger partial charge in [-0.1, -0.05) is 18.2 Å². The summed E-state index contributed by atoms with van der Waals surface area (Å²) in [5.41, 5.74) is 7.25. The molecule has 0 bridgehead atoms. The van der Waals surface area contributed by atoms with Gasteiger partial charge in [0.1, 0.15) is 0 Å². The van der Waals surface area contributed by atoms with E-state index in [2.05, 4.69) is 10.1 Å². The zero-order chi connectivity index (χ0) is 14.8. The highest BCUT2D eigenvalue weighted by atomic mass is 16.1. The molecule has 0 radical (unpaired) electrons. The third kappa shape index (κ3) is 2.51. The van der Waals surface area contributed by atoms with Crippen LogP contribution in [0, 0.1) is 0 Å². The van der Waals surface area contributed by atoms with Gasteiger partial charge in [0, 0.05) is 23.3 Å². The van der Waals surface area contributed by atoms with Gasteiger partial charge in [0.15, 0.2) is 12.1 Å². The van der Waals surface area contributed by atoms with E-state index in [4.69, 9.17) is 5.73 Å². The lowest BCUT2D eigenvalue weighted by Gasteiger charge is -2.00. The van der Waals surface area contributed by atoms with Crippen molar-refractivity contribution >= 4 is 23.1 Å².